The number of carbonyl (C=O) groups excluding carboxylic acids is 1. The Bertz CT molecular complexity index is 920. The minimum atomic E-state index is -3.50. The Morgan fingerprint density at radius 1 is 1.09 bits per heavy atom. The molecule has 2 aliphatic heterocycles. The Morgan fingerprint density at radius 3 is 2.48 bits per heavy atom. The molecule has 0 spiro atoms. The lowest BCUT2D eigenvalue weighted by molar-refractivity contribution is -0.126. The van der Waals surface area contributed by atoms with E-state index >= 15 is 0 Å². The molecule has 4 rings (SSSR count). The van der Waals surface area contributed by atoms with Crippen LogP contribution in [0.25, 0.3) is 0 Å². The summed E-state index contributed by atoms with van der Waals surface area (Å²) < 4.78 is 33.4. The Balaban J connectivity index is 1.30. The lowest BCUT2D eigenvalue weighted by Gasteiger charge is -2.36. The average molecular weight is 478 g/mol. The summed E-state index contributed by atoms with van der Waals surface area (Å²) in [6.07, 6.45) is 5.29. The zero-order valence-electron chi connectivity index (χ0n) is 20.1. The van der Waals surface area contributed by atoms with Gasteiger partial charge in [-0.3, -0.25) is 9.69 Å². The topological polar surface area (TPSA) is 79.0 Å². The SMILES string of the molecule is CC(C)CC(CNC(=O)C1CCN(S(=O)(=O)c2ccc3c(c2)CCC3)CC1)N1CCOCC1. The summed E-state index contributed by atoms with van der Waals surface area (Å²) in [4.78, 5) is 15.7. The van der Waals surface area contributed by atoms with Crippen molar-refractivity contribution in [1.29, 1.82) is 0 Å². The van der Waals surface area contributed by atoms with Gasteiger partial charge in [0.05, 0.1) is 18.1 Å². The summed E-state index contributed by atoms with van der Waals surface area (Å²) in [7, 11) is -3.50. The number of nitrogens with one attached hydrogen (secondary N) is 1. The van der Waals surface area contributed by atoms with Gasteiger partial charge in [0.1, 0.15) is 0 Å². The zero-order valence-corrected chi connectivity index (χ0v) is 20.9. The van der Waals surface area contributed by atoms with Crippen LogP contribution in [0, 0.1) is 11.8 Å². The summed E-state index contributed by atoms with van der Waals surface area (Å²) in [6, 6.07) is 5.89. The summed E-state index contributed by atoms with van der Waals surface area (Å²) in [6.45, 7) is 9.19. The van der Waals surface area contributed by atoms with Crippen molar-refractivity contribution in [3.05, 3.63) is 29.3 Å². The molecular weight excluding hydrogens is 438 g/mol. The number of carbonyl (C=O) groups is 1. The molecule has 1 aromatic carbocycles. The fraction of sp³-hybridized carbons (Fsp3) is 0.720. The first-order valence-electron chi connectivity index (χ1n) is 12.6. The number of nitrogens with zero attached hydrogens (tertiary/aromatic N) is 2. The van der Waals surface area contributed by atoms with Crippen LogP contribution in [0.1, 0.15) is 50.7 Å². The smallest absolute Gasteiger partial charge is 0.243 e. The van der Waals surface area contributed by atoms with Crippen molar-refractivity contribution in [2.75, 3.05) is 45.9 Å². The van der Waals surface area contributed by atoms with Crippen LogP contribution in [0.5, 0.6) is 0 Å². The molecule has 1 N–H and O–H groups in total. The third kappa shape index (κ3) is 5.96. The van der Waals surface area contributed by atoms with Crippen molar-refractivity contribution in [2.24, 2.45) is 11.8 Å². The van der Waals surface area contributed by atoms with E-state index in [4.69, 9.17) is 4.74 Å². The van der Waals surface area contributed by atoms with Gasteiger partial charge in [-0.25, -0.2) is 8.42 Å². The van der Waals surface area contributed by atoms with Crippen molar-refractivity contribution < 1.29 is 17.9 Å². The van der Waals surface area contributed by atoms with Crippen LogP contribution in [0.4, 0.5) is 0 Å². The molecule has 2 fully saturated rings. The van der Waals surface area contributed by atoms with Gasteiger partial charge in [-0.15, -0.1) is 0 Å². The number of amides is 1. The molecule has 3 aliphatic rings. The van der Waals surface area contributed by atoms with Crippen LogP contribution in [0.3, 0.4) is 0 Å². The summed E-state index contributed by atoms with van der Waals surface area (Å²) >= 11 is 0. The third-order valence-corrected chi connectivity index (χ3v) is 9.24. The molecule has 0 radical (unpaired) electrons. The van der Waals surface area contributed by atoms with Gasteiger partial charge in [-0.1, -0.05) is 19.9 Å². The van der Waals surface area contributed by atoms with E-state index in [2.05, 4.69) is 24.1 Å². The van der Waals surface area contributed by atoms with Gasteiger partial charge in [0.15, 0.2) is 0 Å². The van der Waals surface area contributed by atoms with Gasteiger partial charge in [0, 0.05) is 44.7 Å². The van der Waals surface area contributed by atoms with Crippen LogP contribution in [0.2, 0.25) is 0 Å². The molecule has 1 aliphatic carbocycles. The lowest BCUT2D eigenvalue weighted by Crippen LogP contribution is -2.50. The van der Waals surface area contributed by atoms with Crippen LogP contribution in [0.15, 0.2) is 23.1 Å². The number of hydrogen-bond donors (Lipinski definition) is 1. The number of piperidine rings is 1. The predicted molar refractivity (Wildman–Crippen MR) is 129 cm³/mol. The summed E-state index contributed by atoms with van der Waals surface area (Å²) in [5.41, 5.74) is 2.44. The molecule has 1 unspecified atom stereocenters. The first-order valence-corrected chi connectivity index (χ1v) is 14.0. The molecule has 184 valence electrons. The number of fused-ring (bicyclic) bond motifs is 1. The predicted octanol–water partition coefficient (Wildman–Crippen LogP) is 2.44. The van der Waals surface area contributed by atoms with Crippen LogP contribution < -0.4 is 5.32 Å². The molecule has 2 saturated heterocycles. The minimum Gasteiger partial charge on any atom is -0.379 e. The second kappa shape index (κ2) is 10.8. The van der Waals surface area contributed by atoms with E-state index < -0.39 is 10.0 Å². The van der Waals surface area contributed by atoms with Crippen LogP contribution in [-0.4, -0.2) is 75.5 Å². The molecule has 33 heavy (non-hydrogen) atoms. The van der Waals surface area contributed by atoms with Gasteiger partial charge in [0.2, 0.25) is 15.9 Å². The number of morpholine rings is 1. The van der Waals surface area contributed by atoms with Crippen LogP contribution in [-0.2, 0) is 32.4 Å². The van der Waals surface area contributed by atoms with E-state index in [1.165, 1.54) is 11.1 Å². The fourth-order valence-corrected chi connectivity index (χ4v) is 6.95. The first-order chi connectivity index (χ1) is 15.8. The highest BCUT2D eigenvalue weighted by Crippen LogP contribution is 2.28. The molecule has 2 heterocycles. The average Bonchev–Trinajstić information content (AvgIpc) is 3.30. The van der Waals surface area contributed by atoms with E-state index in [0.717, 1.165) is 52.0 Å². The van der Waals surface area contributed by atoms with E-state index in [-0.39, 0.29) is 11.8 Å². The Labute approximate surface area is 198 Å². The fourth-order valence-electron chi connectivity index (χ4n) is 5.43. The summed E-state index contributed by atoms with van der Waals surface area (Å²) in [5, 5.41) is 3.18. The second-order valence-electron chi connectivity index (χ2n) is 10.1. The van der Waals surface area contributed by atoms with Crippen molar-refractivity contribution >= 4 is 15.9 Å². The number of sulfonamides is 1. The quantitative estimate of drug-likeness (QED) is 0.622. The van der Waals surface area contributed by atoms with E-state index in [9.17, 15) is 13.2 Å². The Morgan fingerprint density at radius 2 is 1.79 bits per heavy atom. The maximum Gasteiger partial charge on any atom is 0.243 e. The van der Waals surface area contributed by atoms with Gasteiger partial charge in [0.25, 0.3) is 0 Å². The highest BCUT2D eigenvalue weighted by atomic mass is 32.2. The third-order valence-electron chi connectivity index (χ3n) is 7.35. The van der Waals surface area contributed by atoms with E-state index in [1.807, 2.05) is 12.1 Å². The molecule has 7 nitrogen and oxygen atoms in total. The Kier molecular flexibility index (Phi) is 8.10. The van der Waals surface area contributed by atoms with Crippen molar-refractivity contribution in [1.82, 2.24) is 14.5 Å². The molecule has 1 amide bonds. The monoisotopic (exact) mass is 477 g/mol. The molecule has 0 aromatic heterocycles. The zero-order chi connectivity index (χ0) is 23.4. The molecule has 8 heteroatoms. The largest absolute Gasteiger partial charge is 0.379 e. The minimum absolute atomic E-state index is 0.0617. The molecule has 1 aromatic rings. The highest BCUT2D eigenvalue weighted by molar-refractivity contribution is 7.89. The first kappa shape index (κ1) is 24.6. The second-order valence-corrected chi connectivity index (χ2v) is 12.1. The Hall–Kier alpha value is -1.48. The molecule has 1 atom stereocenters. The molecular formula is C25H39N3O4S. The summed E-state index contributed by atoms with van der Waals surface area (Å²) in [5.74, 6) is 0.495. The van der Waals surface area contributed by atoms with Crippen LogP contribution >= 0.6 is 0 Å². The van der Waals surface area contributed by atoms with Crippen molar-refractivity contribution in [3.8, 4) is 0 Å². The van der Waals surface area contributed by atoms with Gasteiger partial charge in [-0.05, 0) is 67.7 Å². The van der Waals surface area contributed by atoms with E-state index in [1.54, 1.807) is 10.4 Å². The highest BCUT2D eigenvalue weighted by Gasteiger charge is 2.33. The van der Waals surface area contributed by atoms with Crippen molar-refractivity contribution in [2.45, 2.75) is 63.3 Å². The van der Waals surface area contributed by atoms with E-state index in [0.29, 0.717) is 49.3 Å². The standard InChI is InChI=1S/C25H39N3O4S/c1-19(2)16-23(27-12-14-32-15-13-27)18-26-25(29)21-8-10-28(11-9-21)33(30,31)24-7-6-20-4-3-5-22(20)17-24/h6-7,17,19,21,23H,3-5,8-16,18H2,1-2H3,(H,26,29). The van der Waals surface area contributed by atoms with Crippen molar-refractivity contribution in [3.63, 3.8) is 0 Å². The van der Waals surface area contributed by atoms with Gasteiger partial charge < -0.3 is 10.1 Å². The maximum atomic E-state index is 13.2. The van der Waals surface area contributed by atoms with Gasteiger partial charge >= 0.3 is 0 Å². The number of hydrogen-bond acceptors (Lipinski definition) is 5. The normalized spacial score (nSPS) is 21.8. The number of benzene rings is 1. The molecule has 0 bridgehead atoms. The van der Waals surface area contributed by atoms with Gasteiger partial charge in [-0.2, -0.15) is 4.31 Å². The molecule has 0 saturated carbocycles. The maximum absolute atomic E-state index is 13.2. The lowest BCUT2D eigenvalue weighted by atomic mass is 9.96. The number of aryl methyl sites for hydroxylation is 2. The number of ether oxygens (including phenoxy) is 1. The number of rotatable bonds is 8.